The van der Waals surface area contributed by atoms with Crippen LogP contribution in [0.3, 0.4) is 0 Å². The molecule has 0 atom stereocenters. The first-order chi connectivity index (χ1) is 10.2. The van der Waals surface area contributed by atoms with Crippen molar-refractivity contribution < 1.29 is 23.8 Å². The predicted octanol–water partition coefficient (Wildman–Crippen LogP) is 1.42. The maximum absolute atomic E-state index is 11.7. The third-order valence-electron chi connectivity index (χ3n) is 3.25. The lowest BCUT2D eigenvalue weighted by Gasteiger charge is -2.14. The zero-order chi connectivity index (χ0) is 15.2. The third-order valence-corrected chi connectivity index (χ3v) is 3.25. The molecule has 6 heteroatoms. The van der Waals surface area contributed by atoms with E-state index in [0.717, 1.165) is 0 Å². The fourth-order valence-electron chi connectivity index (χ4n) is 1.88. The molecule has 114 valence electrons. The van der Waals surface area contributed by atoms with Crippen LogP contribution in [-0.4, -0.2) is 39.6 Å². The summed E-state index contributed by atoms with van der Waals surface area (Å²) in [6, 6.07) is 3.07. The minimum absolute atomic E-state index is 0.125. The molecule has 0 unspecified atom stereocenters. The van der Waals surface area contributed by atoms with Crippen molar-refractivity contribution in [3.05, 3.63) is 17.7 Å². The summed E-state index contributed by atoms with van der Waals surface area (Å²) >= 11 is 0. The minimum Gasteiger partial charge on any atom is -0.493 e. The molecule has 1 N–H and O–H groups in total. The summed E-state index contributed by atoms with van der Waals surface area (Å²) in [5, 5.41) is 2.81. The van der Waals surface area contributed by atoms with E-state index >= 15 is 0 Å². The molecule has 21 heavy (non-hydrogen) atoms. The molecule has 0 heterocycles. The van der Waals surface area contributed by atoms with Gasteiger partial charge in [-0.05, 0) is 30.9 Å². The second kappa shape index (κ2) is 6.97. The van der Waals surface area contributed by atoms with E-state index in [2.05, 4.69) is 5.32 Å². The molecule has 1 amide bonds. The predicted molar refractivity (Wildman–Crippen MR) is 76.2 cm³/mol. The van der Waals surface area contributed by atoms with E-state index in [1.807, 2.05) is 0 Å². The molecular weight excluding hydrogens is 274 g/mol. The number of carbonyl (C=O) groups excluding carboxylic acids is 2. The topological polar surface area (TPSA) is 73.9 Å². The number of nitrogens with one attached hydrogen (secondary N) is 1. The first kappa shape index (κ1) is 15.2. The third kappa shape index (κ3) is 4.11. The molecular formula is C15H19NO5. The van der Waals surface area contributed by atoms with Crippen LogP contribution in [0.25, 0.3) is 0 Å². The van der Waals surface area contributed by atoms with Crippen LogP contribution in [0.2, 0.25) is 0 Å². The van der Waals surface area contributed by atoms with Crippen molar-refractivity contribution in [3.63, 3.8) is 0 Å². The molecule has 1 aromatic rings. The number of aldehydes is 1. The van der Waals surface area contributed by atoms with Gasteiger partial charge in [0.15, 0.2) is 18.1 Å². The van der Waals surface area contributed by atoms with Crippen molar-refractivity contribution in [3.8, 4) is 17.2 Å². The van der Waals surface area contributed by atoms with Gasteiger partial charge in [-0.1, -0.05) is 0 Å². The number of hydrogen-bond donors (Lipinski definition) is 1. The van der Waals surface area contributed by atoms with E-state index in [-0.39, 0.29) is 12.5 Å². The maximum Gasteiger partial charge on any atom is 0.257 e. The van der Waals surface area contributed by atoms with Gasteiger partial charge in [0.2, 0.25) is 5.75 Å². The Hall–Kier alpha value is -2.24. The molecule has 1 saturated carbocycles. The molecule has 0 spiro atoms. The molecule has 0 saturated heterocycles. The lowest BCUT2D eigenvalue weighted by Crippen LogP contribution is -2.30. The van der Waals surface area contributed by atoms with Crippen molar-refractivity contribution >= 4 is 12.2 Å². The van der Waals surface area contributed by atoms with E-state index in [1.54, 1.807) is 0 Å². The van der Waals surface area contributed by atoms with E-state index in [1.165, 1.54) is 39.2 Å². The van der Waals surface area contributed by atoms with Gasteiger partial charge in [0, 0.05) is 12.1 Å². The normalized spacial score (nSPS) is 13.4. The highest BCUT2D eigenvalue weighted by Gasteiger charge is 2.22. The summed E-state index contributed by atoms with van der Waals surface area (Å²) in [5.41, 5.74) is 0.411. The van der Waals surface area contributed by atoms with Gasteiger partial charge in [-0.2, -0.15) is 0 Å². The Bertz CT molecular complexity index is 500. The quantitative estimate of drug-likeness (QED) is 0.734. The van der Waals surface area contributed by atoms with Crippen molar-refractivity contribution in [1.82, 2.24) is 5.32 Å². The Balaban J connectivity index is 2.02. The fraction of sp³-hybridized carbons (Fsp3) is 0.467. The van der Waals surface area contributed by atoms with Gasteiger partial charge < -0.3 is 19.5 Å². The summed E-state index contributed by atoms with van der Waals surface area (Å²) in [7, 11) is 2.92. The summed E-state index contributed by atoms with van der Waals surface area (Å²) in [5.74, 6) is 1.44. The van der Waals surface area contributed by atoms with Crippen LogP contribution < -0.4 is 19.5 Å². The van der Waals surface area contributed by atoms with Crippen LogP contribution in [0, 0.1) is 5.92 Å². The second-order valence-corrected chi connectivity index (χ2v) is 4.91. The molecule has 2 rings (SSSR count). The lowest BCUT2D eigenvalue weighted by molar-refractivity contribution is -0.123. The highest BCUT2D eigenvalue weighted by Crippen LogP contribution is 2.38. The Labute approximate surface area is 123 Å². The maximum atomic E-state index is 11.7. The molecule has 1 aliphatic rings. The van der Waals surface area contributed by atoms with E-state index in [9.17, 15) is 9.59 Å². The Morgan fingerprint density at radius 2 is 1.90 bits per heavy atom. The number of benzene rings is 1. The number of hydrogen-bond acceptors (Lipinski definition) is 5. The van der Waals surface area contributed by atoms with E-state index < -0.39 is 0 Å². The van der Waals surface area contributed by atoms with Crippen LogP contribution >= 0.6 is 0 Å². The van der Waals surface area contributed by atoms with Gasteiger partial charge in [0.05, 0.1) is 14.2 Å². The van der Waals surface area contributed by atoms with Gasteiger partial charge >= 0.3 is 0 Å². The van der Waals surface area contributed by atoms with Gasteiger partial charge in [-0.15, -0.1) is 0 Å². The molecule has 1 aliphatic carbocycles. The summed E-state index contributed by atoms with van der Waals surface area (Å²) < 4.78 is 15.8. The number of rotatable bonds is 8. The fourth-order valence-corrected chi connectivity index (χ4v) is 1.88. The molecule has 0 aromatic heterocycles. The van der Waals surface area contributed by atoms with Gasteiger partial charge in [-0.25, -0.2) is 0 Å². The largest absolute Gasteiger partial charge is 0.493 e. The number of ether oxygens (including phenoxy) is 3. The number of amides is 1. The Morgan fingerprint density at radius 3 is 2.38 bits per heavy atom. The Kier molecular flexibility index (Phi) is 5.03. The highest BCUT2D eigenvalue weighted by atomic mass is 16.5. The molecule has 1 fully saturated rings. The smallest absolute Gasteiger partial charge is 0.257 e. The Morgan fingerprint density at radius 1 is 1.29 bits per heavy atom. The first-order valence-corrected chi connectivity index (χ1v) is 6.78. The van der Waals surface area contributed by atoms with Crippen LogP contribution in [0.1, 0.15) is 23.2 Å². The van der Waals surface area contributed by atoms with Crippen molar-refractivity contribution in [2.45, 2.75) is 12.8 Å². The molecule has 1 aromatic carbocycles. The van der Waals surface area contributed by atoms with Gasteiger partial charge in [0.1, 0.15) is 6.29 Å². The molecule has 0 aliphatic heterocycles. The van der Waals surface area contributed by atoms with Crippen LogP contribution in [0.15, 0.2) is 12.1 Å². The SMILES string of the molecule is COc1cc(C=O)cc(OC)c1OCC(=O)NCC1CC1. The van der Waals surface area contributed by atoms with Crippen LogP contribution in [-0.2, 0) is 4.79 Å². The van der Waals surface area contributed by atoms with Crippen LogP contribution in [0.4, 0.5) is 0 Å². The molecule has 0 bridgehead atoms. The average Bonchev–Trinajstić information content (AvgIpc) is 3.34. The average molecular weight is 293 g/mol. The molecule has 6 nitrogen and oxygen atoms in total. The summed E-state index contributed by atoms with van der Waals surface area (Å²) in [6.07, 6.45) is 3.04. The highest BCUT2D eigenvalue weighted by molar-refractivity contribution is 5.79. The minimum atomic E-state index is -0.189. The zero-order valence-electron chi connectivity index (χ0n) is 12.2. The second-order valence-electron chi connectivity index (χ2n) is 4.91. The van der Waals surface area contributed by atoms with E-state index in [0.29, 0.717) is 41.6 Å². The summed E-state index contributed by atoms with van der Waals surface area (Å²) in [4.78, 5) is 22.6. The van der Waals surface area contributed by atoms with Crippen molar-refractivity contribution in [1.29, 1.82) is 0 Å². The van der Waals surface area contributed by atoms with Crippen LogP contribution in [0.5, 0.6) is 17.2 Å². The first-order valence-electron chi connectivity index (χ1n) is 6.78. The monoisotopic (exact) mass is 293 g/mol. The molecule has 0 radical (unpaired) electrons. The van der Waals surface area contributed by atoms with Gasteiger partial charge in [0.25, 0.3) is 5.91 Å². The summed E-state index contributed by atoms with van der Waals surface area (Å²) in [6.45, 7) is 0.570. The zero-order valence-corrected chi connectivity index (χ0v) is 12.2. The number of carbonyl (C=O) groups is 2. The van der Waals surface area contributed by atoms with Crippen molar-refractivity contribution in [2.75, 3.05) is 27.4 Å². The van der Waals surface area contributed by atoms with E-state index in [4.69, 9.17) is 14.2 Å². The van der Waals surface area contributed by atoms with Gasteiger partial charge in [-0.3, -0.25) is 9.59 Å². The van der Waals surface area contributed by atoms with Crippen molar-refractivity contribution in [2.24, 2.45) is 5.92 Å². The standard InChI is InChI=1S/C15H19NO5/c1-19-12-5-11(8-17)6-13(20-2)15(12)21-9-14(18)16-7-10-3-4-10/h5-6,8,10H,3-4,7,9H2,1-2H3,(H,16,18). The lowest BCUT2D eigenvalue weighted by atomic mass is 10.2. The number of methoxy groups -OCH3 is 2.